The van der Waals surface area contributed by atoms with E-state index in [4.69, 9.17) is 4.98 Å². The molecule has 7 heteroatoms. The topological polar surface area (TPSA) is 85.0 Å². The summed E-state index contributed by atoms with van der Waals surface area (Å²) in [6, 6.07) is 21.1. The number of aliphatic hydroxyl groups is 1. The Kier molecular flexibility index (Phi) is 5.86. The molecular weight excluding hydrogens is 426 g/mol. The number of fused-ring (bicyclic) bond motifs is 2. The number of imidazole rings is 2. The molecule has 2 N–H and O–H groups in total. The number of hydrogen-bond donors (Lipinski definition) is 2. The van der Waals surface area contributed by atoms with Crippen molar-refractivity contribution >= 4 is 28.0 Å². The molecule has 5 rings (SSSR count). The van der Waals surface area contributed by atoms with E-state index in [9.17, 15) is 9.90 Å². The molecule has 1 atom stereocenters. The van der Waals surface area contributed by atoms with Crippen LogP contribution < -0.4 is 5.32 Å². The van der Waals surface area contributed by atoms with Gasteiger partial charge in [0.25, 0.3) is 5.91 Å². The van der Waals surface area contributed by atoms with Crippen LogP contribution >= 0.6 is 0 Å². The van der Waals surface area contributed by atoms with Gasteiger partial charge in [0, 0.05) is 5.56 Å². The quantitative estimate of drug-likeness (QED) is 0.390. The van der Waals surface area contributed by atoms with Gasteiger partial charge in [-0.1, -0.05) is 30.3 Å². The summed E-state index contributed by atoms with van der Waals surface area (Å²) in [4.78, 5) is 21.8. The van der Waals surface area contributed by atoms with Gasteiger partial charge in [0.2, 0.25) is 0 Å². The first-order valence-corrected chi connectivity index (χ1v) is 11.4. The molecule has 0 bridgehead atoms. The van der Waals surface area contributed by atoms with E-state index in [0.29, 0.717) is 24.5 Å². The van der Waals surface area contributed by atoms with Crippen LogP contribution in [-0.4, -0.2) is 36.2 Å². The predicted molar refractivity (Wildman–Crippen MR) is 133 cm³/mol. The van der Waals surface area contributed by atoms with Gasteiger partial charge < -0.3 is 19.6 Å². The van der Waals surface area contributed by atoms with E-state index in [-0.39, 0.29) is 12.5 Å². The molecule has 2 aromatic heterocycles. The smallest absolute Gasteiger partial charge is 0.251 e. The summed E-state index contributed by atoms with van der Waals surface area (Å²) in [6.45, 7) is 5.17. The van der Waals surface area contributed by atoms with Crippen LogP contribution in [0.15, 0.2) is 73.1 Å². The molecule has 3 aromatic carbocycles. The first-order valence-electron chi connectivity index (χ1n) is 11.4. The highest BCUT2D eigenvalue weighted by atomic mass is 16.3. The standard InChI is InChI=1S/C27H27N5O2/c1-18-12-23-25(13-19(18)2)31(17-29-23)15-21(33)16-32-24-11-7-6-10-22(24)30-26(32)14-28-27(34)20-8-4-3-5-9-20/h3-13,17,21,33H,14-16H2,1-2H3,(H,28,34). The maximum Gasteiger partial charge on any atom is 0.251 e. The fourth-order valence-corrected chi connectivity index (χ4v) is 4.27. The van der Waals surface area contributed by atoms with Crippen molar-refractivity contribution in [3.63, 3.8) is 0 Å². The van der Waals surface area contributed by atoms with Gasteiger partial charge in [0.1, 0.15) is 5.82 Å². The Balaban J connectivity index is 1.37. The van der Waals surface area contributed by atoms with Gasteiger partial charge in [-0.3, -0.25) is 4.79 Å². The molecule has 1 amide bonds. The molecule has 0 saturated heterocycles. The van der Waals surface area contributed by atoms with E-state index in [2.05, 4.69) is 36.3 Å². The molecule has 0 aliphatic rings. The monoisotopic (exact) mass is 453 g/mol. The number of aliphatic hydroxyl groups excluding tert-OH is 1. The number of nitrogens with zero attached hydrogens (tertiary/aromatic N) is 4. The number of carbonyl (C=O) groups is 1. The Hall–Kier alpha value is -3.97. The van der Waals surface area contributed by atoms with Gasteiger partial charge in [0.05, 0.1) is 54.1 Å². The van der Waals surface area contributed by atoms with Crippen LogP contribution in [0.1, 0.15) is 27.3 Å². The van der Waals surface area contributed by atoms with Crippen LogP contribution in [0, 0.1) is 13.8 Å². The van der Waals surface area contributed by atoms with Gasteiger partial charge >= 0.3 is 0 Å². The lowest BCUT2D eigenvalue weighted by Crippen LogP contribution is -2.27. The molecule has 34 heavy (non-hydrogen) atoms. The molecule has 0 radical (unpaired) electrons. The second-order valence-corrected chi connectivity index (χ2v) is 8.65. The summed E-state index contributed by atoms with van der Waals surface area (Å²) in [6.07, 6.45) is 1.11. The molecule has 1 unspecified atom stereocenters. The Morgan fingerprint density at radius 1 is 0.941 bits per heavy atom. The zero-order valence-electron chi connectivity index (χ0n) is 19.3. The zero-order valence-corrected chi connectivity index (χ0v) is 19.3. The summed E-state index contributed by atoms with van der Waals surface area (Å²) < 4.78 is 3.97. The van der Waals surface area contributed by atoms with E-state index in [1.165, 1.54) is 11.1 Å². The van der Waals surface area contributed by atoms with Crippen LogP contribution in [0.3, 0.4) is 0 Å². The summed E-state index contributed by atoms with van der Waals surface area (Å²) >= 11 is 0. The summed E-state index contributed by atoms with van der Waals surface area (Å²) in [7, 11) is 0. The molecule has 0 aliphatic carbocycles. The molecule has 0 spiro atoms. The van der Waals surface area contributed by atoms with Crippen molar-refractivity contribution in [3.05, 3.63) is 95.6 Å². The molecule has 0 aliphatic heterocycles. The maximum atomic E-state index is 12.5. The highest BCUT2D eigenvalue weighted by Gasteiger charge is 2.17. The van der Waals surface area contributed by atoms with Gasteiger partial charge in [-0.2, -0.15) is 0 Å². The number of benzene rings is 3. The van der Waals surface area contributed by atoms with Crippen LogP contribution in [-0.2, 0) is 19.6 Å². The normalized spacial score (nSPS) is 12.3. The molecule has 2 heterocycles. The summed E-state index contributed by atoms with van der Waals surface area (Å²) in [5.41, 5.74) is 6.68. The summed E-state index contributed by atoms with van der Waals surface area (Å²) in [5.74, 6) is 0.543. The van der Waals surface area contributed by atoms with E-state index in [1.807, 2.05) is 51.6 Å². The number of para-hydroxylation sites is 2. The fraction of sp³-hybridized carbons (Fsp3) is 0.222. The predicted octanol–water partition coefficient (Wildman–Crippen LogP) is 3.99. The molecule has 5 aromatic rings. The van der Waals surface area contributed by atoms with Gasteiger partial charge in [-0.05, 0) is 61.4 Å². The van der Waals surface area contributed by atoms with Crippen LogP contribution in [0.5, 0.6) is 0 Å². The number of rotatable bonds is 7. The summed E-state index contributed by atoms with van der Waals surface area (Å²) in [5, 5.41) is 14.0. The molecule has 0 saturated carbocycles. The number of aryl methyl sites for hydroxylation is 2. The van der Waals surface area contributed by atoms with E-state index < -0.39 is 6.10 Å². The molecular formula is C27H27N5O2. The second kappa shape index (κ2) is 9.11. The van der Waals surface area contributed by atoms with Gasteiger partial charge in [-0.25, -0.2) is 9.97 Å². The number of amides is 1. The minimum absolute atomic E-state index is 0.157. The first-order chi connectivity index (χ1) is 16.5. The third-order valence-electron chi connectivity index (χ3n) is 6.21. The average molecular weight is 454 g/mol. The number of nitrogens with one attached hydrogen (secondary N) is 1. The fourth-order valence-electron chi connectivity index (χ4n) is 4.27. The Labute approximate surface area is 197 Å². The highest BCUT2D eigenvalue weighted by molar-refractivity contribution is 5.94. The third-order valence-corrected chi connectivity index (χ3v) is 6.21. The van der Waals surface area contributed by atoms with Crippen LogP contribution in [0.4, 0.5) is 0 Å². The maximum absolute atomic E-state index is 12.5. The minimum Gasteiger partial charge on any atom is -0.389 e. The Morgan fingerprint density at radius 3 is 2.50 bits per heavy atom. The highest BCUT2D eigenvalue weighted by Crippen LogP contribution is 2.20. The van der Waals surface area contributed by atoms with Crippen LogP contribution in [0.2, 0.25) is 0 Å². The van der Waals surface area contributed by atoms with Crippen molar-refractivity contribution in [1.82, 2.24) is 24.4 Å². The van der Waals surface area contributed by atoms with Crippen molar-refractivity contribution in [2.75, 3.05) is 0 Å². The Bertz CT molecular complexity index is 1470. The number of aromatic nitrogens is 4. The van der Waals surface area contributed by atoms with E-state index in [0.717, 1.165) is 22.1 Å². The lowest BCUT2D eigenvalue weighted by atomic mass is 10.1. The number of carbonyl (C=O) groups excluding carboxylic acids is 1. The van der Waals surface area contributed by atoms with Crippen molar-refractivity contribution in [3.8, 4) is 0 Å². The molecule has 172 valence electrons. The molecule has 7 nitrogen and oxygen atoms in total. The van der Waals surface area contributed by atoms with Crippen LogP contribution in [0.25, 0.3) is 22.1 Å². The minimum atomic E-state index is -0.666. The van der Waals surface area contributed by atoms with Gasteiger partial charge in [-0.15, -0.1) is 0 Å². The van der Waals surface area contributed by atoms with E-state index >= 15 is 0 Å². The second-order valence-electron chi connectivity index (χ2n) is 8.65. The van der Waals surface area contributed by atoms with Crippen molar-refractivity contribution in [2.24, 2.45) is 0 Å². The largest absolute Gasteiger partial charge is 0.389 e. The Morgan fingerprint density at radius 2 is 1.68 bits per heavy atom. The lowest BCUT2D eigenvalue weighted by Gasteiger charge is -2.16. The zero-order chi connectivity index (χ0) is 23.7. The van der Waals surface area contributed by atoms with Crippen molar-refractivity contribution < 1.29 is 9.90 Å². The van der Waals surface area contributed by atoms with Crippen molar-refractivity contribution in [2.45, 2.75) is 39.6 Å². The third kappa shape index (κ3) is 4.30. The average Bonchev–Trinajstić information content (AvgIpc) is 3.39. The lowest BCUT2D eigenvalue weighted by molar-refractivity contribution is 0.0949. The molecule has 0 fully saturated rings. The first kappa shape index (κ1) is 21.9. The van der Waals surface area contributed by atoms with Gasteiger partial charge in [0.15, 0.2) is 0 Å². The SMILES string of the molecule is Cc1cc2ncn(CC(O)Cn3c(CNC(=O)c4ccccc4)nc4ccccc43)c2cc1C. The van der Waals surface area contributed by atoms with E-state index in [1.54, 1.807) is 18.5 Å². The number of hydrogen-bond acceptors (Lipinski definition) is 4. The van der Waals surface area contributed by atoms with Crippen molar-refractivity contribution in [1.29, 1.82) is 0 Å².